The second-order valence-electron chi connectivity index (χ2n) is 7.65. The standard InChI is InChI=1S/C18H32ClN3O5/c1-11(2)15(21-12(3)23)16(25)22-13(14(24)10-19)8-7-9-20-17(26)27-18(4,5)6/h11,13,15H,7-10H2,1-6H3,(H,20,26)(H,21,23)(H,22,25)/t13-,15-/m0/s1. The van der Waals surface area contributed by atoms with E-state index in [-0.39, 0.29) is 30.0 Å². The van der Waals surface area contributed by atoms with E-state index >= 15 is 0 Å². The van der Waals surface area contributed by atoms with E-state index in [1.807, 2.05) is 0 Å². The van der Waals surface area contributed by atoms with Crippen LogP contribution in [0.5, 0.6) is 0 Å². The Balaban J connectivity index is 4.67. The summed E-state index contributed by atoms with van der Waals surface area (Å²) in [7, 11) is 0. The van der Waals surface area contributed by atoms with Crippen LogP contribution in [-0.4, -0.2) is 53.8 Å². The summed E-state index contributed by atoms with van der Waals surface area (Å²) in [5.74, 6) is -1.48. The van der Waals surface area contributed by atoms with Gasteiger partial charge in [-0.2, -0.15) is 0 Å². The van der Waals surface area contributed by atoms with Crippen molar-refractivity contribution in [3.63, 3.8) is 0 Å². The summed E-state index contributed by atoms with van der Waals surface area (Å²) in [6, 6.07) is -1.53. The van der Waals surface area contributed by atoms with E-state index < -0.39 is 29.7 Å². The summed E-state index contributed by atoms with van der Waals surface area (Å²) in [5.41, 5.74) is -0.593. The second-order valence-corrected chi connectivity index (χ2v) is 7.92. The summed E-state index contributed by atoms with van der Waals surface area (Å²) >= 11 is 5.63. The normalized spacial score (nSPS) is 13.5. The number of rotatable bonds is 10. The number of hydrogen-bond acceptors (Lipinski definition) is 5. The van der Waals surface area contributed by atoms with Crippen LogP contribution in [0.1, 0.15) is 54.4 Å². The van der Waals surface area contributed by atoms with Crippen molar-refractivity contribution in [3.05, 3.63) is 0 Å². The minimum Gasteiger partial charge on any atom is -0.444 e. The summed E-state index contributed by atoms with van der Waals surface area (Å²) in [5, 5.41) is 7.82. The first-order valence-corrected chi connectivity index (χ1v) is 9.53. The molecule has 0 aromatic heterocycles. The zero-order chi connectivity index (χ0) is 21.2. The Morgan fingerprint density at radius 2 is 1.67 bits per heavy atom. The summed E-state index contributed by atoms with van der Waals surface area (Å²) in [4.78, 5) is 47.4. The number of nitrogens with one attached hydrogen (secondary N) is 3. The van der Waals surface area contributed by atoms with Crippen molar-refractivity contribution in [2.75, 3.05) is 12.4 Å². The molecule has 0 heterocycles. The van der Waals surface area contributed by atoms with Crippen molar-refractivity contribution in [2.24, 2.45) is 5.92 Å². The van der Waals surface area contributed by atoms with Crippen LogP contribution in [-0.2, 0) is 19.1 Å². The van der Waals surface area contributed by atoms with Gasteiger partial charge in [-0.15, -0.1) is 11.6 Å². The van der Waals surface area contributed by atoms with Crippen molar-refractivity contribution in [2.45, 2.75) is 72.1 Å². The highest BCUT2D eigenvalue weighted by Gasteiger charge is 2.27. The zero-order valence-corrected chi connectivity index (χ0v) is 17.7. The molecule has 0 spiro atoms. The third kappa shape index (κ3) is 11.5. The number of carbonyl (C=O) groups excluding carboxylic acids is 4. The van der Waals surface area contributed by atoms with Gasteiger partial charge in [0, 0.05) is 13.5 Å². The largest absolute Gasteiger partial charge is 0.444 e. The molecule has 2 atom stereocenters. The molecule has 0 saturated carbocycles. The lowest BCUT2D eigenvalue weighted by molar-refractivity contribution is -0.131. The Bertz CT molecular complexity index is 532. The van der Waals surface area contributed by atoms with Crippen LogP contribution in [0.3, 0.4) is 0 Å². The number of carbonyl (C=O) groups is 4. The predicted octanol–water partition coefficient (Wildman–Crippen LogP) is 1.74. The van der Waals surface area contributed by atoms with Crippen molar-refractivity contribution >= 4 is 35.3 Å². The predicted molar refractivity (Wildman–Crippen MR) is 104 cm³/mol. The molecule has 0 aliphatic carbocycles. The average Bonchev–Trinajstić information content (AvgIpc) is 2.52. The van der Waals surface area contributed by atoms with Gasteiger partial charge in [0.15, 0.2) is 5.78 Å². The van der Waals surface area contributed by atoms with Gasteiger partial charge in [0.2, 0.25) is 11.8 Å². The van der Waals surface area contributed by atoms with Gasteiger partial charge in [0.05, 0.1) is 11.9 Å². The molecule has 0 aromatic carbocycles. The average molecular weight is 406 g/mol. The van der Waals surface area contributed by atoms with Gasteiger partial charge < -0.3 is 20.7 Å². The lowest BCUT2D eigenvalue weighted by Crippen LogP contribution is -2.53. The highest BCUT2D eigenvalue weighted by molar-refractivity contribution is 6.28. The molecule has 0 aliphatic heterocycles. The number of ether oxygens (including phenoxy) is 1. The van der Waals surface area contributed by atoms with Crippen LogP contribution in [0, 0.1) is 5.92 Å². The number of alkyl halides is 1. The van der Waals surface area contributed by atoms with Gasteiger partial charge in [0.25, 0.3) is 0 Å². The maximum Gasteiger partial charge on any atom is 0.407 e. The molecular formula is C18H32ClN3O5. The van der Waals surface area contributed by atoms with E-state index in [1.165, 1.54) is 6.92 Å². The number of amides is 3. The SMILES string of the molecule is CC(=O)N[C@H](C(=O)N[C@@H](CCCNC(=O)OC(C)(C)C)C(=O)CCl)C(C)C. The van der Waals surface area contributed by atoms with Crippen LogP contribution in [0.25, 0.3) is 0 Å². The second kappa shape index (κ2) is 11.8. The highest BCUT2D eigenvalue weighted by Crippen LogP contribution is 2.08. The molecule has 0 radical (unpaired) electrons. The number of alkyl carbamates (subject to hydrolysis) is 1. The molecule has 9 heteroatoms. The van der Waals surface area contributed by atoms with E-state index in [0.29, 0.717) is 12.8 Å². The quantitative estimate of drug-likeness (QED) is 0.378. The topological polar surface area (TPSA) is 114 Å². The van der Waals surface area contributed by atoms with Crippen molar-refractivity contribution in [3.8, 4) is 0 Å². The van der Waals surface area contributed by atoms with Crippen LogP contribution in [0.2, 0.25) is 0 Å². The molecule has 0 fully saturated rings. The third-order valence-electron chi connectivity index (χ3n) is 3.48. The first-order valence-electron chi connectivity index (χ1n) is 9.00. The summed E-state index contributed by atoms with van der Waals surface area (Å²) in [6.45, 7) is 10.5. The molecular weight excluding hydrogens is 374 g/mol. The van der Waals surface area contributed by atoms with Gasteiger partial charge in [-0.3, -0.25) is 14.4 Å². The maximum absolute atomic E-state index is 12.4. The smallest absolute Gasteiger partial charge is 0.407 e. The summed E-state index contributed by atoms with van der Waals surface area (Å²) < 4.78 is 5.12. The Morgan fingerprint density at radius 3 is 2.11 bits per heavy atom. The van der Waals surface area contributed by atoms with Gasteiger partial charge in [-0.25, -0.2) is 4.79 Å². The molecule has 0 bridgehead atoms. The highest BCUT2D eigenvalue weighted by atomic mass is 35.5. The van der Waals surface area contributed by atoms with Crippen LogP contribution in [0.15, 0.2) is 0 Å². The summed E-state index contributed by atoms with van der Waals surface area (Å²) in [6.07, 6.45) is 0.203. The molecule has 0 aliphatic rings. The van der Waals surface area contributed by atoms with Gasteiger partial charge in [-0.05, 0) is 39.5 Å². The third-order valence-corrected chi connectivity index (χ3v) is 3.75. The Labute approximate surface area is 166 Å². The Hall–Kier alpha value is -1.83. The monoisotopic (exact) mass is 405 g/mol. The fourth-order valence-electron chi connectivity index (χ4n) is 2.23. The molecule has 0 aromatic rings. The van der Waals surface area contributed by atoms with Crippen LogP contribution < -0.4 is 16.0 Å². The van der Waals surface area contributed by atoms with E-state index in [9.17, 15) is 19.2 Å². The first-order chi connectivity index (χ1) is 12.4. The fourth-order valence-corrected chi connectivity index (χ4v) is 2.42. The van der Waals surface area contributed by atoms with E-state index in [0.717, 1.165) is 0 Å². The van der Waals surface area contributed by atoms with E-state index in [2.05, 4.69) is 16.0 Å². The van der Waals surface area contributed by atoms with Gasteiger partial charge in [0.1, 0.15) is 11.6 Å². The van der Waals surface area contributed by atoms with Crippen LogP contribution in [0.4, 0.5) is 4.79 Å². The van der Waals surface area contributed by atoms with Gasteiger partial charge >= 0.3 is 6.09 Å². The molecule has 3 amide bonds. The maximum atomic E-state index is 12.4. The number of ketones is 1. The number of hydrogen-bond donors (Lipinski definition) is 3. The van der Waals surface area contributed by atoms with Crippen LogP contribution >= 0.6 is 11.6 Å². The van der Waals surface area contributed by atoms with Crippen molar-refractivity contribution < 1.29 is 23.9 Å². The molecule has 3 N–H and O–H groups in total. The van der Waals surface area contributed by atoms with Crippen molar-refractivity contribution in [1.82, 2.24) is 16.0 Å². The Kier molecular flexibility index (Phi) is 11.0. The molecule has 27 heavy (non-hydrogen) atoms. The van der Waals surface area contributed by atoms with Crippen molar-refractivity contribution in [1.29, 1.82) is 0 Å². The molecule has 156 valence electrons. The number of halogens is 1. The molecule has 0 rings (SSSR count). The number of Topliss-reactive ketones (excluding diaryl/α,β-unsaturated/α-hetero) is 1. The lowest BCUT2D eigenvalue weighted by Gasteiger charge is -2.24. The minimum atomic E-state index is -0.787. The van der Waals surface area contributed by atoms with Gasteiger partial charge in [-0.1, -0.05) is 13.8 Å². The zero-order valence-electron chi connectivity index (χ0n) is 17.0. The fraction of sp³-hybridized carbons (Fsp3) is 0.778. The van der Waals surface area contributed by atoms with E-state index in [1.54, 1.807) is 34.6 Å². The van der Waals surface area contributed by atoms with E-state index in [4.69, 9.17) is 16.3 Å². The first kappa shape index (κ1) is 25.2. The molecule has 0 saturated heterocycles. The molecule has 0 unspecified atom stereocenters. The molecule has 8 nitrogen and oxygen atoms in total. The minimum absolute atomic E-state index is 0.144. The Morgan fingerprint density at radius 1 is 1.07 bits per heavy atom. The lowest BCUT2D eigenvalue weighted by atomic mass is 10.0.